The van der Waals surface area contributed by atoms with E-state index in [0.29, 0.717) is 23.7 Å². The smallest absolute Gasteiger partial charge is 0.343 e. The third-order valence-corrected chi connectivity index (χ3v) is 2.23. The number of hydrogen-bond acceptors (Lipinski definition) is 7. The Bertz CT molecular complexity index is 586. The van der Waals surface area contributed by atoms with Crippen LogP contribution in [-0.4, -0.2) is 34.0 Å². The van der Waals surface area contributed by atoms with E-state index in [4.69, 9.17) is 9.84 Å². The molecule has 0 atom stereocenters. The highest BCUT2D eigenvalue weighted by Crippen LogP contribution is 2.07. The fourth-order valence-corrected chi connectivity index (χ4v) is 1.21. The average Bonchev–Trinajstić information content (AvgIpc) is 2.98. The van der Waals surface area contributed by atoms with Crippen LogP contribution in [0.5, 0.6) is 0 Å². The minimum atomic E-state index is -1.01. The van der Waals surface area contributed by atoms with Gasteiger partial charge in [-0.15, -0.1) is 0 Å². The van der Waals surface area contributed by atoms with Crippen molar-refractivity contribution in [3.05, 3.63) is 35.0 Å². The molecular weight excluding hydrogens is 268 g/mol. The van der Waals surface area contributed by atoms with Gasteiger partial charge in [-0.3, -0.25) is 0 Å². The Kier molecular flexibility index (Phi) is 5.45. The summed E-state index contributed by atoms with van der Waals surface area (Å²) in [6, 6.07) is 0. The molecule has 108 valence electrons. The predicted octanol–water partition coefficient (Wildman–Crippen LogP) is 1.84. The zero-order valence-electron chi connectivity index (χ0n) is 11.2. The van der Waals surface area contributed by atoms with Gasteiger partial charge >= 0.3 is 11.9 Å². The molecule has 2 heterocycles. The van der Waals surface area contributed by atoms with Crippen LogP contribution in [0.1, 0.15) is 39.2 Å². The van der Waals surface area contributed by atoms with Crippen molar-refractivity contribution in [3.8, 4) is 0 Å². The van der Waals surface area contributed by atoms with Crippen LogP contribution in [0.25, 0.3) is 0 Å². The molecule has 0 saturated heterocycles. The number of ether oxygens (including phenoxy) is 1. The van der Waals surface area contributed by atoms with Gasteiger partial charge in [0, 0.05) is 0 Å². The molecule has 1 N–H and O–H groups in total. The van der Waals surface area contributed by atoms with E-state index in [2.05, 4.69) is 19.4 Å². The molecular formula is C12H14N2O6. The number of carbonyl (C=O) groups is 2. The quantitative estimate of drug-likeness (QED) is 0.847. The van der Waals surface area contributed by atoms with Gasteiger partial charge in [0.15, 0.2) is 0 Å². The lowest BCUT2D eigenvalue weighted by molar-refractivity contribution is 0.0523. The largest absolute Gasteiger partial charge is 0.478 e. The Balaban J connectivity index is 0.000000204. The molecule has 0 bridgehead atoms. The van der Waals surface area contributed by atoms with Gasteiger partial charge in [0.2, 0.25) is 0 Å². The maximum atomic E-state index is 11.0. The van der Waals surface area contributed by atoms with Crippen molar-refractivity contribution in [2.45, 2.75) is 20.8 Å². The van der Waals surface area contributed by atoms with Crippen LogP contribution in [0, 0.1) is 13.8 Å². The van der Waals surface area contributed by atoms with Crippen LogP contribution in [0.3, 0.4) is 0 Å². The minimum Gasteiger partial charge on any atom is -0.478 e. The molecule has 2 rings (SSSR count). The van der Waals surface area contributed by atoms with Crippen LogP contribution in [0.2, 0.25) is 0 Å². The molecule has 8 heteroatoms. The van der Waals surface area contributed by atoms with Gasteiger partial charge in [0.1, 0.15) is 22.6 Å². The standard InChI is InChI=1S/C7H9NO3.C5H5NO3/c1-3-10-7(9)6-4-8-11-5(6)2;1-3-4(5(7)8)2-6-9-3/h4H,3H2,1-2H3;2H,1H3,(H,7,8). The van der Waals surface area contributed by atoms with Gasteiger partial charge in [-0.1, -0.05) is 10.3 Å². The van der Waals surface area contributed by atoms with Gasteiger partial charge in [-0.2, -0.15) is 0 Å². The number of aromatic nitrogens is 2. The maximum Gasteiger partial charge on any atom is 0.343 e. The van der Waals surface area contributed by atoms with Crippen LogP contribution in [-0.2, 0) is 4.74 Å². The van der Waals surface area contributed by atoms with E-state index >= 15 is 0 Å². The lowest BCUT2D eigenvalue weighted by Crippen LogP contribution is -2.04. The van der Waals surface area contributed by atoms with Gasteiger partial charge in [-0.05, 0) is 20.8 Å². The number of esters is 1. The summed E-state index contributed by atoms with van der Waals surface area (Å²) in [5.74, 6) is -0.564. The van der Waals surface area contributed by atoms with E-state index in [1.165, 1.54) is 12.4 Å². The van der Waals surface area contributed by atoms with E-state index in [1.807, 2.05) is 0 Å². The van der Waals surface area contributed by atoms with Gasteiger partial charge in [0.05, 0.1) is 19.0 Å². The highest BCUT2D eigenvalue weighted by Gasteiger charge is 2.12. The first-order valence-electron chi connectivity index (χ1n) is 5.70. The van der Waals surface area contributed by atoms with E-state index < -0.39 is 5.97 Å². The number of rotatable bonds is 3. The first kappa shape index (κ1) is 15.4. The Morgan fingerprint density at radius 1 is 1.15 bits per heavy atom. The van der Waals surface area contributed by atoms with E-state index in [9.17, 15) is 9.59 Å². The van der Waals surface area contributed by atoms with Crippen molar-refractivity contribution in [1.29, 1.82) is 0 Å². The molecule has 8 nitrogen and oxygen atoms in total. The fraction of sp³-hybridized carbons (Fsp3) is 0.333. The Morgan fingerprint density at radius 2 is 1.65 bits per heavy atom. The average molecular weight is 282 g/mol. The second kappa shape index (κ2) is 7.07. The summed E-state index contributed by atoms with van der Waals surface area (Å²) in [6.07, 6.45) is 2.53. The molecule has 2 aromatic heterocycles. The van der Waals surface area contributed by atoms with Gasteiger partial charge in [-0.25, -0.2) is 9.59 Å². The van der Waals surface area contributed by atoms with Crippen LogP contribution in [0.4, 0.5) is 0 Å². The summed E-state index contributed by atoms with van der Waals surface area (Å²) >= 11 is 0. The summed E-state index contributed by atoms with van der Waals surface area (Å²) in [6.45, 7) is 5.33. The molecule has 0 spiro atoms. The van der Waals surface area contributed by atoms with Crippen LogP contribution < -0.4 is 0 Å². The summed E-state index contributed by atoms with van der Waals surface area (Å²) < 4.78 is 13.9. The molecule has 2 aromatic rings. The number of aromatic carboxylic acids is 1. The Morgan fingerprint density at radius 3 is 1.95 bits per heavy atom. The third-order valence-electron chi connectivity index (χ3n) is 2.23. The second-order valence-corrected chi connectivity index (χ2v) is 3.62. The lowest BCUT2D eigenvalue weighted by atomic mass is 10.3. The van der Waals surface area contributed by atoms with E-state index in [-0.39, 0.29) is 11.5 Å². The van der Waals surface area contributed by atoms with E-state index in [1.54, 1.807) is 20.8 Å². The minimum absolute atomic E-state index is 0.120. The highest BCUT2D eigenvalue weighted by molar-refractivity contribution is 5.89. The summed E-state index contributed by atoms with van der Waals surface area (Å²) in [7, 11) is 0. The highest BCUT2D eigenvalue weighted by atomic mass is 16.5. The lowest BCUT2D eigenvalue weighted by Gasteiger charge is -1.96. The monoisotopic (exact) mass is 282 g/mol. The number of nitrogens with zero attached hydrogens (tertiary/aromatic N) is 2. The molecule has 0 radical (unpaired) electrons. The third kappa shape index (κ3) is 3.94. The van der Waals surface area contributed by atoms with Crippen molar-refractivity contribution in [2.24, 2.45) is 0 Å². The van der Waals surface area contributed by atoms with Crippen molar-refractivity contribution < 1.29 is 28.5 Å². The number of carboxylic acids is 1. The maximum absolute atomic E-state index is 11.0. The topological polar surface area (TPSA) is 116 Å². The first-order valence-corrected chi connectivity index (χ1v) is 5.70. The molecule has 0 fully saturated rings. The van der Waals surface area contributed by atoms with Gasteiger partial charge < -0.3 is 18.9 Å². The number of aryl methyl sites for hydroxylation is 2. The number of hydrogen-bond donors (Lipinski definition) is 1. The zero-order chi connectivity index (χ0) is 15.1. The molecule has 0 aliphatic rings. The Hall–Kier alpha value is -2.64. The molecule has 0 unspecified atom stereocenters. The van der Waals surface area contributed by atoms with Gasteiger partial charge in [0.25, 0.3) is 0 Å². The normalized spacial score (nSPS) is 9.55. The summed E-state index contributed by atoms with van der Waals surface area (Å²) in [5.41, 5.74) is 0.516. The number of carboxylic acid groups (broad SMARTS) is 1. The van der Waals surface area contributed by atoms with E-state index in [0.717, 1.165) is 0 Å². The zero-order valence-corrected chi connectivity index (χ0v) is 11.2. The summed E-state index contributed by atoms with van der Waals surface area (Å²) in [4.78, 5) is 21.2. The molecule has 20 heavy (non-hydrogen) atoms. The fourth-order valence-electron chi connectivity index (χ4n) is 1.21. The van der Waals surface area contributed by atoms with Crippen molar-refractivity contribution in [1.82, 2.24) is 10.3 Å². The molecule has 0 aliphatic carbocycles. The predicted molar refractivity (Wildman–Crippen MR) is 65.4 cm³/mol. The van der Waals surface area contributed by atoms with Crippen LogP contribution in [0.15, 0.2) is 21.4 Å². The van der Waals surface area contributed by atoms with Crippen molar-refractivity contribution >= 4 is 11.9 Å². The van der Waals surface area contributed by atoms with Crippen LogP contribution >= 0.6 is 0 Å². The van der Waals surface area contributed by atoms with Crippen molar-refractivity contribution in [3.63, 3.8) is 0 Å². The molecule has 0 aromatic carbocycles. The van der Waals surface area contributed by atoms with Crippen molar-refractivity contribution in [2.75, 3.05) is 6.61 Å². The molecule has 0 saturated carbocycles. The molecule has 0 aliphatic heterocycles. The SMILES string of the molecule is CCOC(=O)c1cnoc1C.Cc1oncc1C(=O)O. The second-order valence-electron chi connectivity index (χ2n) is 3.62. The summed E-state index contributed by atoms with van der Waals surface area (Å²) in [5, 5.41) is 15.1. The first-order chi connectivity index (χ1) is 9.47. The Labute approximate surface area is 114 Å². The molecule has 0 amide bonds. The number of carbonyl (C=O) groups excluding carboxylic acids is 1.